The first kappa shape index (κ1) is 19.1. The molecule has 0 unspecified atom stereocenters. The Morgan fingerprint density at radius 1 is 0.905 bits per heavy atom. The van der Waals surface area contributed by atoms with Crippen molar-refractivity contribution in [1.29, 1.82) is 0 Å². The third-order valence-electron chi connectivity index (χ3n) is 4.28. The minimum absolute atomic E-state index is 0.671. The third kappa shape index (κ3) is 6.78. The van der Waals surface area contributed by atoms with Gasteiger partial charge in [-0.3, -0.25) is 0 Å². The van der Waals surface area contributed by atoms with Crippen LogP contribution in [0.4, 0.5) is 0 Å². The van der Waals surface area contributed by atoms with Crippen molar-refractivity contribution in [2.45, 2.75) is 71.4 Å². The highest BCUT2D eigenvalue weighted by atomic mass is 28.4. The van der Waals surface area contributed by atoms with Crippen LogP contribution in [0, 0.1) is 0 Å². The van der Waals surface area contributed by atoms with E-state index >= 15 is 0 Å². The van der Waals surface area contributed by atoms with Gasteiger partial charge in [0.1, 0.15) is 0 Å². The molecule has 0 N–H and O–H groups in total. The fourth-order valence-electron chi connectivity index (χ4n) is 3.25. The summed E-state index contributed by atoms with van der Waals surface area (Å²) in [5.74, 6) is 0. The summed E-state index contributed by atoms with van der Waals surface area (Å²) in [7, 11) is -0.173. The average molecular weight is 318 g/mol. The summed E-state index contributed by atoms with van der Waals surface area (Å²) in [6, 6.07) is 1.71. The Balaban J connectivity index is 2.40. The van der Waals surface area contributed by atoms with Crippen LogP contribution in [0.3, 0.4) is 0 Å². The molecule has 126 valence electrons. The Hall–Kier alpha value is 0.0569. The minimum atomic E-state index is -2.44. The number of nitrogens with zero attached hydrogens (tertiary/aromatic N) is 1. The Labute approximate surface area is 132 Å². The molecule has 0 atom stereocenters. The van der Waals surface area contributed by atoms with Crippen LogP contribution in [0.25, 0.3) is 0 Å². The van der Waals surface area contributed by atoms with Crippen LogP contribution in [-0.2, 0) is 13.3 Å². The Morgan fingerprint density at radius 2 is 1.43 bits per heavy atom. The summed E-state index contributed by atoms with van der Waals surface area (Å²) in [6.07, 6.45) is 8.02. The predicted octanol–water partition coefficient (Wildman–Crippen LogP) is 3.69. The molecule has 4 nitrogen and oxygen atoms in total. The lowest BCUT2D eigenvalue weighted by Crippen LogP contribution is -2.46. The summed E-state index contributed by atoms with van der Waals surface area (Å²) in [4.78, 5) is 2.53. The van der Waals surface area contributed by atoms with Gasteiger partial charge in [0.05, 0.1) is 0 Å². The Bertz CT molecular complexity index is 243. The summed E-state index contributed by atoms with van der Waals surface area (Å²) in [5.41, 5.74) is 0. The molecule has 0 radical (unpaired) electrons. The van der Waals surface area contributed by atoms with Crippen molar-refractivity contribution < 1.29 is 13.3 Å². The number of hydrogen-bond acceptors (Lipinski definition) is 4. The van der Waals surface area contributed by atoms with Gasteiger partial charge in [0.15, 0.2) is 0 Å². The van der Waals surface area contributed by atoms with Crippen LogP contribution in [0.15, 0.2) is 0 Å². The molecule has 0 saturated heterocycles. The topological polar surface area (TPSA) is 30.9 Å². The predicted molar refractivity (Wildman–Crippen MR) is 89.6 cm³/mol. The van der Waals surface area contributed by atoms with Crippen molar-refractivity contribution in [2.75, 3.05) is 33.4 Å². The van der Waals surface area contributed by atoms with Gasteiger partial charge in [-0.25, -0.2) is 0 Å². The fraction of sp³-hybridized carbons (Fsp3) is 1.00. The molecule has 0 aromatic carbocycles. The lowest BCUT2D eigenvalue weighted by molar-refractivity contribution is 0.0694. The van der Waals surface area contributed by atoms with Crippen LogP contribution in [0.1, 0.15) is 59.3 Å². The highest BCUT2D eigenvalue weighted by molar-refractivity contribution is 6.60. The minimum Gasteiger partial charge on any atom is -0.374 e. The molecule has 1 fully saturated rings. The normalized spacial score (nSPS) is 17.6. The monoisotopic (exact) mass is 317 g/mol. The van der Waals surface area contributed by atoms with E-state index in [2.05, 4.69) is 11.9 Å². The second-order valence-electron chi connectivity index (χ2n) is 5.86. The molecule has 0 heterocycles. The van der Waals surface area contributed by atoms with E-state index in [0.29, 0.717) is 19.8 Å². The van der Waals surface area contributed by atoms with E-state index in [0.717, 1.165) is 25.1 Å². The van der Waals surface area contributed by atoms with Crippen LogP contribution < -0.4 is 0 Å². The van der Waals surface area contributed by atoms with Crippen LogP contribution in [0.5, 0.6) is 0 Å². The maximum atomic E-state index is 5.91. The van der Waals surface area contributed by atoms with Gasteiger partial charge < -0.3 is 18.2 Å². The Kier molecular flexibility index (Phi) is 9.76. The van der Waals surface area contributed by atoms with Crippen molar-refractivity contribution in [3.8, 4) is 0 Å². The molecule has 1 saturated carbocycles. The molecule has 0 aromatic heterocycles. The first-order valence-corrected chi connectivity index (χ1v) is 10.7. The molecule has 0 aliphatic heterocycles. The second kappa shape index (κ2) is 10.7. The number of hydrogen-bond donors (Lipinski definition) is 0. The van der Waals surface area contributed by atoms with E-state index in [1.54, 1.807) is 0 Å². The molecule has 1 rings (SSSR count). The zero-order valence-electron chi connectivity index (χ0n) is 14.5. The molecule has 0 spiro atoms. The maximum Gasteiger partial charge on any atom is 0.500 e. The van der Waals surface area contributed by atoms with Gasteiger partial charge in [0.25, 0.3) is 0 Å². The van der Waals surface area contributed by atoms with Gasteiger partial charge in [-0.2, -0.15) is 0 Å². The molecule has 0 amide bonds. The highest BCUT2D eigenvalue weighted by Crippen LogP contribution is 2.23. The van der Waals surface area contributed by atoms with Gasteiger partial charge in [-0.05, 0) is 53.6 Å². The smallest absolute Gasteiger partial charge is 0.374 e. The van der Waals surface area contributed by atoms with E-state index in [1.165, 1.54) is 32.1 Å². The van der Waals surface area contributed by atoms with Crippen molar-refractivity contribution in [3.63, 3.8) is 0 Å². The zero-order valence-corrected chi connectivity index (χ0v) is 15.5. The SMILES string of the molecule is CCO[Si](CCCN(C)C1CCCCC1)(OCC)OCC. The lowest BCUT2D eigenvalue weighted by atomic mass is 9.94. The molecular formula is C16H35NO3Si. The molecule has 0 bridgehead atoms. The Morgan fingerprint density at radius 3 is 1.90 bits per heavy atom. The molecular weight excluding hydrogens is 282 g/mol. The van der Waals surface area contributed by atoms with Crippen molar-refractivity contribution >= 4 is 8.80 Å². The van der Waals surface area contributed by atoms with E-state index in [9.17, 15) is 0 Å². The largest absolute Gasteiger partial charge is 0.500 e. The van der Waals surface area contributed by atoms with Crippen LogP contribution >= 0.6 is 0 Å². The second-order valence-corrected chi connectivity index (χ2v) is 8.59. The van der Waals surface area contributed by atoms with Crippen LogP contribution in [-0.4, -0.2) is 53.2 Å². The van der Waals surface area contributed by atoms with Gasteiger partial charge in [-0.15, -0.1) is 0 Å². The van der Waals surface area contributed by atoms with Crippen molar-refractivity contribution in [3.05, 3.63) is 0 Å². The van der Waals surface area contributed by atoms with Gasteiger partial charge in [0, 0.05) is 31.9 Å². The average Bonchev–Trinajstić information content (AvgIpc) is 2.49. The standard InChI is InChI=1S/C16H35NO3Si/c1-5-18-21(19-6-2,20-7-3)15-11-14-17(4)16-12-9-8-10-13-16/h16H,5-15H2,1-4H3. The number of rotatable bonds is 11. The van der Waals surface area contributed by atoms with E-state index in [4.69, 9.17) is 13.3 Å². The molecule has 0 aromatic rings. The summed E-state index contributed by atoms with van der Waals surface area (Å²) >= 11 is 0. The highest BCUT2D eigenvalue weighted by Gasteiger charge is 2.39. The van der Waals surface area contributed by atoms with Gasteiger partial charge >= 0.3 is 8.80 Å². The van der Waals surface area contributed by atoms with Crippen molar-refractivity contribution in [2.24, 2.45) is 0 Å². The van der Waals surface area contributed by atoms with Gasteiger partial charge in [0.2, 0.25) is 0 Å². The molecule has 5 heteroatoms. The van der Waals surface area contributed by atoms with Crippen molar-refractivity contribution in [1.82, 2.24) is 4.90 Å². The third-order valence-corrected chi connectivity index (χ3v) is 7.44. The van der Waals surface area contributed by atoms with Crippen LogP contribution in [0.2, 0.25) is 6.04 Å². The fourth-order valence-corrected chi connectivity index (χ4v) is 5.84. The van der Waals surface area contributed by atoms with E-state index in [1.807, 2.05) is 20.8 Å². The lowest BCUT2D eigenvalue weighted by Gasteiger charge is -2.33. The summed E-state index contributed by atoms with van der Waals surface area (Å²) < 4.78 is 17.7. The summed E-state index contributed by atoms with van der Waals surface area (Å²) in [5, 5.41) is 0. The molecule has 1 aliphatic rings. The van der Waals surface area contributed by atoms with E-state index in [-0.39, 0.29) is 0 Å². The first-order chi connectivity index (χ1) is 10.2. The summed E-state index contributed by atoms with van der Waals surface area (Å²) in [6.45, 7) is 9.20. The maximum absolute atomic E-state index is 5.91. The first-order valence-electron chi connectivity index (χ1n) is 8.79. The molecule has 21 heavy (non-hydrogen) atoms. The van der Waals surface area contributed by atoms with E-state index < -0.39 is 8.80 Å². The molecule has 1 aliphatic carbocycles. The zero-order chi connectivity index (χ0) is 15.6. The van der Waals surface area contributed by atoms with Gasteiger partial charge in [-0.1, -0.05) is 19.3 Å². The quantitative estimate of drug-likeness (QED) is 0.544.